The summed E-state index contributed by atoms with van der Waals surface area (Å²) in [5.41, 5.74) is 3.57. The van der Waals surface area contributed by atoms with Gasteiger partial charge >= 0.3 is 0 Å². The first-order valence-corrected chi connectivity index (χ1v) is 9.29. The number of hydrogen-bond donors (Lipinski definition) is 2. The van der Waals surface area contributed by atoms with Crippen LogP contribution in [-0.2, 0) is 0 Å². The van der Waals surface area contributed by atoms with E-state index >= 15 is 0 Å². The van der Waals surface area contributed by atoms with Crippen molar-refractivity contribution in [2.45, 2.75) is 0 Å². The number of amides is 1. The Kier molecular flexibility index (Phi) is 5.26. The van der Waals surface area contributed by atoms with Gasteiger partial charge < -0.3 is 24.5 Å². The molecule has 0 aliphatic heterocycles. The molecule has 0 atom stereocenters. The summed E-state index contributed by atoms with van der Waals surface area (Å²) in [7, 11) is 4.63. The number of nitrogens with one attached hydrogen (secondary N) is 2. The molecule has 0 aliphatic rings. The van der Waals surface area contributed by atoms with Gasteiger partial charge in [0.1, 0.15) is 23.1 Å². The van der Waals surface area contributed by atoms with Gasteiger partial charge in [0.2, 0.25) is 0 Å². The Balaban J connectivity index is 1.68. The van der Waals surface area contributed by atoms with Crippen molar-refractivity contribution in [3.05, 3.63) is 66.2 Å². The Labute approximate surface area is 173 Å². The number of benzene rings is 3. The second kappa shape index (κ2) is 8.16. The van der Waals surface area contributed by atoms with E-state index in [2.05, 4.69) is 15.3 Å². The van der Waals surface area contributed by atoms with Crippen molar-refractivity contribution in [2.75, 3.05) is 26.6 Å². The molecular weight excluding hydrogens is 382 g/mol. The van der Waals surface area contributed by atoms with E-state index in [0.29, 0.717) is 34.3 Å². The van der Waals surface area contributed by atoms with E-state index in [9.17, 15) is 4.79 Å². The number of anilines is 1. The average molecular weight is 403 g/mol. The van der Waals surface area contributed by atoms with Crippen LogP contribution in [0.4, 0.5) is 5.69 Å². The van der Waals surface area contributed by atoms with Crippen LogP contribution >= 0.6 is 0 Å². The highest BCUT2D eigenvalue weighted by atomic mass is 16.5. The molecule has 0 saturated carbocycles. The first kappa shape index (κ1) is 19.3. The molecule has 3 aromatic carbocycles. The van der Waals surface area contributed by atoms with E-state index in [1.807, 2.05) is 36.4 Å². The molecule has 7 nitrogen and oxygen atoms in total. The van der Waals surface area contributed by atoms with Gasteiger partial charge in [0.25, 0.3) is 5.91 Å². The molecule has 1 aromatic heterocycles. The summed E-state index contributed by atoms with van der Waals surface area (Å²) in [6.45, 7) is 0. The molecule has 0 spiro atoms. The zero-order valence-electron chi connectivity index (χ0n) is 16.9. The van der Waals surface area contributed by atoms with Crippen LogP contribution in [0.25, 0.3) is 22.4 Å². The van der Waals surface area contributed by atoms with Crippen LogP contribution in [0.1, 0.15) is 10.4 Å². The number of hydrogen-bond acceptors (Lipinski definition) is 5. The average Bonchev–Trinajstić information content (AvgIpc) is 3.23. The van der Waals surface area contributed by atoms with E-state index in [0.717, 1.165) is 16.6 Å². The van der Waals surface area contributed by atoms with E-state index in [4.69, 9.17) is 14.2 Å². The highest BCUT2D eigenvalue weighted by Gasteiger charge is 2.15. The maximum absolute atomic E-state index is 12.9. The fraction of sp³-hybridized carbons (Fsp3) is 0.130. The molecule has 0 bridgehead atoms. The fourth-order valence-electron chi connectivity index (χ4n) is 3.18. The number of rotatable bonds is 6. The zero-order chi connectivity index (χ0) is 21.1. The predicted octanol–water partition coefficient (Wildman–Crippen LogP) is 4.51. The van der Waals surface area contributed by atoms with E-state index < -0.39 is 0 Å². The third kappa shape index (κ3) is 3.77. The minimum absolute atomic E-state index is 0.313. The first-order chi connectivity index (χ1) is 14.6. The number of methoxy groups -OCH3 is 3. The number of fused-ring (bicyclic) bond motifs is 1. The predicted molar refractivity (Wildman–Crippen MR) is 116 cm³/mol. The topological polar surface area (TPSA) is 85.5 Å². The number of H-pyrrole nitrogens is 1. The second-order valence-electron chi connectivity index (χ2n) is 6.57. The molecule has 0 radical (unpaired) electrons. The van der Waals surface area contributed by atoms with Crippen LogP contribution in [0.2, 0.25) is 0 Å². The Bertz CT molecular complexity index is 1160. The molecule has 4 rings (SSSR count). The van der Waals surface area contributed by atoms with Gasteiger partial charge in [-0.3, -0.25) is 4.79 Å². The summed E-state index contributed by atoms with van der Waals surface area (Å²) in [5, 5.41) is 2.91. The Hall–Kier alpha value is -4.00. The molecule has 7 heteroatoms. The molecule has 0 aliphatic carbocycles. The van der Waals surface area contributed by atoms with Crippen molar-refractivity contribution in [3.8, 4) is 28.6 Å². The molecule has 152 valence electrons. The summed E-state index contributed by atoms with van der Waals surface area (Å²) in [6.07, 6.45) is 0. The number of imidazole rings is 1. The van der Waals surface area contributed by atoms with Crippen molar-refractivity contribution >= 4 is 22.6 Å². The van der Waals surface area contributed by atoms with Gasteiger partial charge in [0.05, 0.1) is 38.1 Å². The highest BCUT2D eigenvalue weighted by molar-refractivity contribution is 6.06. The summed E-state index contributed by atoms with van der Waals surface area (Å²) < 4.78 is 15.9. The maximum Gasteiger partial charge on any atom is 0.256 e. The van der Waals surface area contributed by atoms with Gasteiger partial charge in [-0.05, 0) is 42.5 Å². The Morgan fingerprint density at radius 3 is 2.30 bits per heavy atom. The number of aromatic amines is 1. The molecule has 1 amide bonds. The molecule has 4 aromatic rings. The number of nitrogens with zero attached hydrogens (tertiary/aromatic N) is 1. The molecule has 30 heavy (non-hydrogen) atoms. The Morgan fingerprint density at radius 2 is 1.63 bits per heavy atom. The third-order valence-corrected chi connectivity index (χ3v) is 4.72. The monoisotopic (exact) mass is 403 g/mol. The quantitative estimate of drug-likeness (QED) is 0.495. The van der Waals surface area contributed by atoms with Gasteiger partial charge in [0, 0.05) is 17.2 Å². The second-order valence-corrected chi connectivity index (χ2v) is 6.57. The van der Waals surface area contributed by atoms with Crippen molar-refractivity contribution in [1.82, 2.24) is 9.97 Å². The first-order valence-electron chi connectivity index (χ1n) is 9.29. The maximum atomic E-state index is 12.9. The third-order valence-electron chi connectivity index (χ3n) is 4.72. The highest BCUT2D eigenvalue weighted by Crippen LogP contribution is 2.31. The zero-order valence-corrected chi connectivity index (χ0v) is 16.9. The van der Waals surface area contributed by atoms with Gasteiger partial charge in [-0.1, -0.05) is 12.1 Å². The lowest BCUT2D eigenvalue weighted by atomic mass is 10.1. The molecular formula is C23H21N3O4. The number of carbonyl (C=O) groups excluding carboxylic acids is 1. The fourth-order valence-corrected chi connectivity index (χ4v) is 3.18. The van der Waals surface area contributed by atoms with Crippen LogP contribution in [0, 0.1) is 0 Å². The van der Waals surface area contributed by atoms with E-state index in [1.165, 1.54) is 14.2 Å². The Morgan fingerprint density at radius 1 is 0.900 bits per heavy atom. The molecule has 0 unspecified atom stereocenters. The van der Waals surface area contributed by atoms with Crippen molar-refractivity contribution in [3.63, 3.8) is 0 Å². The molecule has 1 heterocycles. The van der Waals surface area contributed by atoms with Gasteiger partial charge in [0.15, 0.2) is 0 Å². The SMILES string of the molecule is COc1cc(OC)cc(C(=O)Nc2cc(-c3nc4ccccc4[nH]3)ccc2OC)c1. The van der Waals surface area contributed by atoms with Gasteiger partial charge in [-0.15, -0.1) is 0 Å². The number of para-hydroxylation sites is 2. The van der Waals surface area contributed by atoms with Crippen LogP contribution < -0.4 is 19.5 Å². The summed E-state index contributed by atoms with van der Waals surface area (Å²) in [6, 6.07) is 18.3. The summed E-state index contributed by atoms with van der Waals surface area (Å²) in [5.74, 6) is 1.99. The number of carbonyl (C=O) groups is 1. The van der Waals surface area contributed by atoms with Crippen LogP contribution in [0.15, 0.2) is 60.7 Å². The normalized spacial score (nSPS) is 10.6. The standard InChI is InChI=1S/C23H21N3O4/c1-28-16-10-15(11-17(13-16)29-2)23(27)26-20-12-14(8-9-21(20)30-3)22-24-18-6-4-5-7-19(18)25-22/h4-13H,1-3H3,(H,24,25)(H,26,27). The van der Waals surface area contributed by atoms with Crippen molar-refractivity contribution < 1.29 is 19.0 Å². The van der Waals surface area contributed by atoms with Crippen LogP contribution in [0.3, 0.4) is 0 Å². The smallest absolute Gasteiger partial charge is 0.256 e. The van der Waals surface area contributed by atoms with Crippen molar-refractivity contribution in [2.24, 2.45) is 0 Å². The molecule has 2 N–H and O–H groups in total. The van der Waals surface area contributed by atoms with Crippen molar-refractivity contribution in [1.29, 1.82) is 0 Å². The lowest BCUT2D eigenvalue weighted by Crippen LogP contribution is -2.13. The summed E-state index contributed by atoms with van der Waals surface area (Å²) >= 11 is 0. The van der Waals surface area contributed by atoms with Gasteiger partial charge in [-0.2, -0.15) is 0 Å². The summed E-state index contributed by atoms with van der Waals surface area (Å²) in [4.78, 5) is 20.8. The lowest BCUT2D eigenvalue weighted by Gasteiger charge is -2.13. The largest absolute Gasteiger partial charge is 0.497 e. The van der Waals surface area contributed by atoms with Crippen LogP contribution in [0.5, 0.6) is 17.2 Å². The minimum Gasteiger partial charge on any atom is -0.497 e. The molecule has 0 fully saturated rings. The number of ether oxygens (including phenoxy) is 3. The lowest BCUT2D eigenvalue weighted by molar-refractivity contribution is 0.102. The van der Waals surface area contributed by atoms with E-state index in [-0.39, 0.29) is 5.91 Å². The van der Waals surface area contributed by atoms with Gasteiger partial charge in [-0.25, -0.2) is 4.98 Å². The minimum atomic E-state index is -0.313. The van der Waals surface area contributed by atoms with E-state index in [1.54, 1.807) is 31.4 Å². The van der Waals surface area contributed by atoms with Crippen LogP contribution in [-0.4, -0.2) is 37.2 Å². The molecule has 0 saturated heterocycles. The number of aromatic nitrogens is 2.